The van der Waals surface area contributed by atoms with Crippen molar-refractivity contribution >= 4 is 38.8 Å². The molecular weight excluding hydrogens is 310 g/mol. The summed E-state index contributed by atoms with van der Waals surface area (Å²) in [6.45, 7) is 5.99. The molecule has 0 radical (unpaired) electrons. The maximum Gasteiger partial charge on any atom is 0.276 e. The van der Waals surface area contributed by atoms with Gasteiger partial charge in [-0.25, -0.2) is 0 Å². The Kier molecular flexibility index (Phi) is 3.96. The quantitative estimate of drug-likeness (QED) is 0.719. The van der Waals surface area contributed by atoms with Crippen LogP contribution in [0.15, 0.2) is 24.4 Å². The summed E-state index contributed by atoms with van der Waals surface area (Å²) in [7, 11) is 0. The molecule has 0 spiro atoms. The Morgan fingerprint density at radius 3 is 2.78 bits per heavy atom. The number of nitrogens with one attached hydrogen (secondary N) is 1. The van der Waals surface area contributed by atoms with Gasteiger partial charge in [-0.15, -0.1) is 10.2 Å². The van der Waals surface area contributed by atoms with E-state index in [-0.39, 0.29) is 11.8 Å². The third kappa shape index (κ3) is 2.87. The summed E-state index contributed by atoms with van der Waals surface area (Å²) in [5.74, 6) is -0.0386. The molecule has 7 heteroatoms. The number of nitrogens with zero attached hydrogens (tertiary/aromatic N) is 3. The highest BCUT2D eigenvalue weighted by atomic mass is 32.1. The number of pyridine rings is 1. The van der Waals surface area contributed by atoms with Crippen LogP contribution in [0.1, 0.15) is 40.8 Å². The summed E-state index contributed by atoms with van der Waals surface area (Å²) in [5, 5.41) is 13.8. The van der Waals surface area contributed by atoms with E-state index in [0.29, 0.717) is 16.5 Å². The van der Waals surface area contributed by atoms with Gasteiger partial charge < -0.3 is 5.73 Å². The fraction of sp³-hybridized carbons (Fsp3) is 0.250. The van der Waals surface area contributed by atoms with Gasteiger partial charge in [-0.3, -0.25) is 15.1 Å². The molecule has 2 heterocycles. The highest BCUT2D eigenvalue weighted by Gasteiger charge is 2.17. The number of hydrogen-bond donors (Lipinski definition) is 2. The summed E-state index contributed by atoms with van der Waals surface area (Å²) in [6, 6.07) is 5.48. The van der Waals surface area contributed by atoms with E-state index in [2.05, 4.69) is 20.5 Å². The van der Waals surface area contributed by atoms with Gasteiger partial charge in [0.15, 0.2) is 0 Å². The van der Waals surface area contributed by atoms with Crippen LogP contribution in [0.2, 0.25) is 0 Å². The van der Waals surface area contributed by atoms with Crippen LogP contribution in [0.25, 0.3) is 10.8 Å². The predicted molar refractivity (Wildman–Crippen MR) is 92.8 cm³/mol. The number of benzene rings is 1. The lowest BCUT2D eigenvalue weighted by Gasteiger charge is -2.09. The minimum Gasteiger partial charge on any atom is -0.398 e. The molecule has 1 amide bonds. The summed E-state index contributed by atoms with van der Waals surface area (Å²) in [4.78, 5) is 16.8. The average molecular weight is 327 g/mol. The fourth-order valence-corrected chi connectivity index (χ4v) is 3.10. The summed E-state index contributed by atoms with van der Waals surface area (Å²) >= 11 is 1.37. The van der Waals surface area contributed by atoms with Gasteiger partial charge in [0.2, 0.25) is 5.13 Å². The van der Waals surface area contributed by atoms with Crippen molar-refractivity contribution in [1.29, 1.82) is 0 Å². The van der Waals surface area contributed by atoms with Crippen LogP contribution >= 0.6 is 11.3 Å². The molecule has 0 fully saturated rings. The van der Waals surface area contributed by atoms with E-state index in [1.165, 1.54) is 11.3 Å². The first-order valence-electron chi connectivity index (χ1n) is 7.26. The van der Waals surface area contributed by atoms with Gasteiger partial charge in [-0.2, -0.15) is 0 Å². The topological polar surface area (TPSA) is 93.8 Å². The number of carbonyl (C=O) groups is 1. The van der Waals surface area contributed by atoms with Crippen molar-refractivity contribution in [3.63, 3.8) is 0 Å². The Bertz CT molecular complexity index is 879. The molecule has 0 atom stereocenters. The van der Waals surface area contributed by atoms with Crippen LogP contribution in [0.3, 0.4) is 0 Å². The highest BCUT2D eigenvalue weighted by molar-refractivity contribution is 7.15. The normalized spacial score (nSPS) is 11.1. The number of amides is 1. The van der Waals surface area contributed by atoms with Gasteiger partial charge in [0, 0.05) is 28.6 Å². The summed E-state index contributed by atoms with van der Waals surface area (Å²) in [5.41, 5.74) is 7.94. The van der Waals surface area contributed by atoms with E-state index in [1.807, 2.05) is 39.0 Å². The lowest BCUT2D eigenvalue weighted by Crippen LogP contribution is -2.14. The van der Waals surface area contributed by atoms with E-state index in [4.69, 9.17) is 5.73 Å². The van der Waals surface area contributed by atoms with Gasteiger partial charge in [0.1, 0.15) is 10.7 Å². The maximum absolute atomic E-state index is 12.6. The lowest BCUT2D eigenvalue weighted by atomic mass is 10.0. The second kappa shape index (κ2) is 5.92. The summed E-state index contributed by atoms with van der Waals surface area (Å²) in [6.07, 6.45) is 1.66. The molecule has 118 valence electrons. The lowest BCUT2D eigenvalue weighted by molar-refractivity contribution is 0.102. The van der Waals surface area contributed by atoms with Crippen LogP contribution in [0.5, 0.6) is 0 Å². The average Bonchev–Trinajstić information content (AvgIpc) is 2.96. The molecule has 0 bridgehead atoms. The largest absolute Gasteiger partial charge is 0.398 e. The van der Waals surface area contributed by atoms with Crippen molar-refractivity contribution in [2.24, 2.45) is 0 Å². The SMILES string of the molecule is Cc1cnc(C(=O)Nc2nnc(C(C)C)s2)c2cccc(N)c12. The first-order chi connectivity index (χ1) is 11.0. The van der Waals surface area contributed by atoms with Crippen molar-refractivity contribution < 1.29 is 4.79 Å². The van der Waals surface area contributed by atoms with Gasteiger partial charge in [-0.05, 0) is 18.6 Å². The first-order valence-corrected chi connectivity index (χ1v) is 8.07. The predicted octanol–water partition coefficient (Wildman–Crippen LogP) is 3.35. The van der Waals surface area contributed by atoms with Crippen molar-refractivity contribution in [2.75, 3.05) is 11.1 Å². The zero-order chi connectivity index (χ0) is 16.6. The molecule has 3 rings (SSSR count). The van der Waals surface area contributed by atoms with E-state index in [0.717, 1.165) is 21.3 Å². The fourth-order valence-electron chi connectivity index (χ4n) is 2.36. The minimum absolute atomic E-state index is 0.274. The molecule has 0 unspecified atom stereocenters. The number of aryl methyl sites for hydroxylation is 1. The number of carbonyl (C=O) groups excluding carboxylic acids is 1. The number of fused-ring (bicyclic) bond motifs is 1. The molecule has 0 saturated carbocycles. The number of rotatable bonds is 3. The van der Waals surface area contributed by atoms with E-state index in [9.17, 15) is 4.79 Å². The number of nitrogen functional groups attached to an aromatic ring is 1. The van der Waals surface area contributed by atoms with Crippen molar-refractivity contribution in [3.8, 4) is 0 Å². The molecule has 0 saturated heterocycles. The Morgan fingerprint density at radius 1 is 1.30 bits per heavy atom. The van der Waals surface area contributed by atoms with Crippen molar-refractivity contribution in [2.45, 2.75) is 26.7 Å². The van der Waals surface area contributed by atoms with Gasteiger partial charge in [0.05, 0.1) is 0 Å². The second-order valence-corrected chi connectivity index (χ2v) is 6.62. The van der Waals surface area contributed by atoms with Gasteiger partial charge >= 0.3 is 0 Å². The van der Waals surface area contributed by atoms with Crippen LogP contribution in [-0.4, -0.2) is 21.1 Å². The van der Waals surface area contributed by atoms with Gasteiger partial charge in [0.25, 0.3) is 5.91 Å². The third-order valence-corrected chi connectivity index (χ3v) is 4.64. The number of nitrogens with two attached hydrogens (primary N) is 1. The summed E-state index contributed by atoms with van der Waals surface area (Å²) < 4.78 is 0. The standard InChI is InChI=1S/C16H17N5OS/c1-8(2)15-20-21-16(23-15)19-14(22)13-10-5-4-6-11(17)12(10)9(3)7-18-13/h4-8H,17H2,1-3H3,(H,19,21,22). The number of aromatic nitrogens is 3. The van der Waals surface area contributed by atoms with Crippen LogP contribution in [0.4, 0.5) is 10.8 Å². The Morgan fingerprint density at radius 2 is 2.09 bits per heavy atom. The van der Waals surface area contributed by atoms with Crippen molar-refractivity contribution in [3.05, 3.63) is 40.7 Å². The van der Waals surface area contributed by atoms with E-state index >= 15 is 0 Å². The molecular formula is C16H17N5OS. The molecule has 0 aliphatic heterocycles. The minimum atomic E-state index is -0.313. The number of anilines is 2. The van der Waals surface area contributed by atoms with E-state index < -0.39 is 0 Å². The zero-order valence-corrected chi connectivity index (χ0v) is 13.9. The maximum atomic E-state index is 12.6. The first kappa shape index (κ1) is 15.4. The Balaban J connectivity index is 1.98. The Hall–Kier alpha value is -2.54. The molecule has 0 aliphatic rings. The van der Waals surface area contributed by atoms with Gasteiger partial charge in [-0.1, -0.05) is 37.3 Å². The van der Waals surface area contributed by atoms with Crippen molar-refractivity contribution in [1.82, 2.24) is 15.2 Å². The molecule has 3 N–H and O–H groups in total. The molecule has 3 aromatic rings. The molecule has 1 aromatic carbocycles. The van der Waals surface area contributed by atoms with E-state index in [1.54, 1.807) is 6.20 Å². The van der Waals surface area contributed by atoms with Crippen LogP contribution in [0, 0.1) is 6.92 Å². The highest BCUT2D eigenvalue weighted by Crippen LogP contribution is 2.27. The zero-order valence-electron chi connectivity index (χ0n) is 13.1. The molecule has 6 nitrogen and oxygen atoms in total. The van der Waals surface area contributed by atoms with Crippen LogP contribution < -0.4 is 11.1 Å². The Labute approximate surface area is 137 Å². The molecule has 0 aliphatic carbocycles. The second-order valence-electron chi connectivity index (χ2n) is 5.61. The molecule has 2 aromatic heterocycles. The molecule has 23 heavy (non-hydrogen) atoms. The number of hydrogen-bond acceptors (Lipinski definition) is 6. The third-order valence-electron chi connectivity index (χ3n) is 3.50. The smallest absolute Gasteiger partial charge is 0.276 e. The van der Waals surface area contributed by atoms with Crippen LogP contribution in [-0.2, 0) is 0 Å². The monoisotopic (exact) mass is 327 g/mol.